The zero-order valence-corrected chi connectivity index (χ0v) is 17.7. The van der Waals surface area contributed by atoms with Gasteiger partial charge in [-0.3, -0.25) is 4.79 Å². The van der Waals surface area contributed by atoms with Gasteiger partial charge in [-0.15, -0.1) is 0 Å². The van der Waals surface area contributed by atoms with Crippen molar-refractivity contribution in [3.63, 3.8) is 0 Å². The number of carbonyl (C=O) groups excluding carboxylic acids is 1. The van der Waals surface area contributed by atoms with Crippen molar-refractivity contribution in [3.05, 3.63) is 33.8 Å². The molecule has 2 saturated carbocycles. The van der Waals surface area contributed by atoms with Gasteiger partial charge in [0, 0.05) is 11.8 Å². The Morgan fingerprint density at radius 2 is 2.03 bits per heavy atom. The van der Waals surface area contributed by atoms with Crippen LogP contribution in [0.25, 0.3) is 0 Å². The summed E-state index contributed by atoms with van der Waals surface area (Å²) >= 11 is 11.9. The number of ether oxygens (including phenoxy) is 2. The maximum absolute atomic E-state index is 15.3. The number of alkyl halides is 1. The van der Waals surface area contributed by atoms with Crippen molar-refractivity contribution < 1.29 is 28.6 Å². The number of carbonyl (C=O) groups is 2. The van der Waals surface area contributed by atoms with Crippen LogP contribution >= 0.6 is 23.2 Å². The second-order valence-corrected chi connectivity index (χ2v) is 9.01. The fraction of sp³-hybridized carbons (Fsp3) is 0.600. The summed E-state index contributed by atoms with van der Waals surface area (Å²) in [6.45, 7) is 4.03. The van der Waals surface area contributed by atoms with Crippen LogP contribution in [0.4, 0.5) is 4.39 Å². The van der Waals surface area contributed by atoms with Crippen LogP contribution in [0, 0.1) is 17.8 Å². The SMILES string of the molecule is CC(C)CCOC(=O)[C@@]1(F)[C@@H]2C[C@@H](OCc3ccc(Cl)c(Cl)c3)[C@@](N)(C(=O)O)[C@@H]21. The first-order valence-corrected chi connectivity index (χ1v) is 10.2. The molecule has 0 aromatic heterocycles. The number of hydrogen-bond donors (Lipinski definition) is 2. The second kappa shape index (κ2) is 8.02. The Labute approximate surface area is 178 Å². The average Bonchev–Trinajstić information content (AvgIpc) is 3.11. The second-order valence-electron chi connectivity index (χ2n) is 8.19. The third-order valence-electron chi connectivity index (χ3n) is 5.85. The quantitative estimate of drug-likeness (QED) is 0.590. The van der Waals surface area contributed by atoms with E-state index in [0.717, 1.165) is 0 Å². The normalized spacial score (nSPS) is 32.9. The molecule has 0 bridgehead atoms. The molecule has 0 saturated heterocycles. The molecular formula is C20H24Cl2FNO5. The van der Waals surface area contributed by atoms with Gasteiger partial charge in [0.05, 0.1) is 29.4 Å². The summed E-state index contributed by atoms with van der Waals surface area (Å²) in [4.78, 5) is 24.2. The van der Waals surface area contributed by atoms with E-state index in [9.17, 15) is 14.7 Å². The van der Waals surface area contributed by atoms with Gasteiger partial charge in [0.25, 0.3) is 0 Å². The molecule has 1 aromatic rings. The number of aliphatic carboxylic acids is 1. The number of esters is 1. The highest BCUT2D eigenvalue weighted by Gasteiger charge is 2.85. The number of fused-ring (bicyclic) bond motifs is 1. The van der Waals surface area contributed by atoms with E-state index in [0.29, 0.717) is 27.9 Å². The predicted octanol–water partition coefficient (Wildman–Crippen LogP) is 3.61. The number of carboxylic acid groups (broad SMARTS) is 1. The summed E-state index contributed by atoms with van der Waals surface area (Å²) in [7, 11) is 0. The summed E-state index contributed by atoms with van der Waals surface area (Å²) in [5.74, 6) is -4.17. The summed E-state index contributed by atoms with van der Waals surface area (Å²) in [6, 6.07) is 4.89. The molecule has 2 fully saturated rings. The average molecular weight is 448 g/mol. The Morgan fingerprint density at radius 1 is 1.34 bits per heavy atom. The standard InChI is InChI=1S/C20H24Cl2FNO5/c1-10(2)5-6-28-18(27)19(23)12-8-15(20(24,16(12)19)17(25)26)29-9-11-3-4-13(21)14(22)7-11/h3-4,7,10,12,15-16H,5-6,8-9,24H2,1-2H3,(H,25,26)/t12-,15-,16+,19-,20+/m1/s1. The van der Waals surface area contributed by atoms with Crippen molar-refractivity contribution in [1.82, 2.24) is 0 Å². The first-order valence-electron chi connectivity index (χ1n) is 9.46. The third kappa shape index (κ3) is 3.85. The topological polar surface area (TPSA) is 98.9 Å². The van der Waals surface area contributed by atoms with E-state index in [1.165, 1.54) is 0 Å². The van der Waals surface area contributed by atoms with Gasteiger partial charge in [0.1, 0.15) is 5.54 Å². The predicted molar refractivity (Wildman–Crippen MR) is 105 cm³/mol. The van der Waals surface area contributed by atoms with E-state index >= 15 is 4.39 Å². The number of carboxylic acids is 1. The molecule has 0 heterocycles. The highest BCUT2D eigenvalue weighted by atomic mass is 35.5. The number of hydrogen-bond acceptors (Lipinski definition) is 5. The van der Waals surface area contributed by atoms with E-state index in [-0.39, 0.29) is 19.6 Å². The zero-order valence-electron chi connectivity index (χ0n) is 16.2. The molecular weight excluding hydrogens is 424 g/mol. The zero-order chi connectivity index (χ0) is 21.6. The molecule has 0 aliphatic heterocycles. The lowest BCUT2D eigenvalue weighted by Crippen LogP contribution is -2.60. The molecule has 29 heavy (non-hydrogen) atoms. The maximum atomic E-state index is 15.3. The van der Waals surface area contributed by atoms with Crippen LogP contribution in [0.1, 0.15) is 32.3 Å². The molecule has 160 valence electrons. The largest absolute Gasteiger partial charge is 0.480 e. The van der Waals surface area contributed by atoms with Crippen molar-refractivity contribution >= 4 is 35.1 Å². The molecule has 0 amide bonds. The third-order valence-corrected chi connectivity index (χ3v) is 6.59. The minimum Gasteiger partial charge on any atom is -0.480 e. The van der Waals surface area contributed by atoms with Crippen LogP contribution in [0.2, 0.25) is 10.0 Å². The monoisotopic (exact) mass is 447 g/mol. The van der Waals surface area contributed by atoms with Crippen molar-refractivity contribution in [2.75, 3.05) is 6.61 Å². The van der Waals surface area contributed by atoms with Crippen molar-refractivity contribution in [2.45, 2.75) is 50.6 Å². The minimum absolute atomic E-state index is 0.0184. The Hall–Kier alpha value is -1.41. The van der Waals surface area contributed by atoms with Crippen molar-refractivity contribution in [1.29, 1.82) is 0 Å². The van der Waals surface area contributed by atoms with Crippen LogP contribution in [-0.4, -0.2) is 41.0 Å². The Bertz CT molecular complexity index is 822. The summed E-state index contributed by atoms with van der Waals surface area (Å²) in [6.07, 6.45) is -0.333. The summed E-state index contributed by atoms with van der Waals surface area (Å²) < 4.78 is 26.1. The van der Waals surface area contributed by atoms with Gasteiger partial charge in [0.15, 0.2) is 0 Å². The summed E-state index contributed by atoms with van der Waals surface area (Å²) in [5, 5.41) is 10.4. The van der Waals surface area contributed by atoms with E-state index in [1.807, 2.05) is 13.8 Å². The molecule has 2 aliphatic carbocycles. The Balaban J connectivity index is 1.68. The molecule has 5 atom stereocenters. The molecule has 0 spiro atoms. The lowest BCUT2D eigenvalue weighted by molar-refractivity contribution is -0.160. The van der Waals surface area contributed by atoms with Crippen molar-refractivity contribution in [2.24, 2.45) is 23.5 Å². The van der Waals surface area contributed by atoms with E-state index in [1.54, 1.807) is 18.2 Å². The number of nitrogens with two attached hydrogens (primary N) is 1. The Morgan fingerprint density at radius 3 is 2.62 bits per heavy atom. The van der Waals surface area contributed by atoms with E-state index < -0.39 is 41.1 Å². The van der Waals surface area contributed by atoms with Crippen LogP contribution < -0.4 is 5.73 Å². The highest BCUT2D eigenvalue weighted by molar-refractivity contribution is 6.42. The van der Waals surface area contributed by atoms with Gasteiger partial charge < -0.3 is 20.3 Å². The van der Waals surface area contributed by atoms with Crippen LogP contribution in [0.3, 0.4) is 0 Å². The Kier molecular flexibility index (Phi) is 6.16. The first kappa shape index (κ1) is 22.3. The van der Waals surface area contributed by atoms with Crippen LogP contribution in [0.5, 0.6) is 0 Å². The number of benzene rings is 1. The van der Waals surface area contributed by atoms with E-state index in [4.69, 9.17) is 38.4 Å². The molecule has 0 radical (unpaired) electrons. The highest BCUT2D eigenvalue weighted by Crippen LogP contribution is 2.67. The molecule has 3 rings (SSSR count). The van der Waals surface area contributed by atoms with Gasteiger partial charge in [-0.25, -0.2) is 9.18 Å². The van der Waals surface area contributed by atoms with Gasteiger partial charge >= 0.3 is 11.9 Å². The van der Waals surface area contributed by atoms with E-state index in [2.05, 4.69) is 0 Å². The van der Waals surface area contributed by atoms with Crippen molar-refractivity contribution in [3.8, 4) is 0 Å². The maximum Gasteiger partial charge on any atom is 0.344 e. The molecule has 3 N–H and O–H groups in total. The number of rotatable bonds is 8. The van der Waals surface area contributed by atoms with Crippen LogP contribution in [0.15, 0.2) is 18.2 Å². The van der Waals surface area contributed by atoms with Gasteiger partial charge in [-0.2, -0.15) is 0 Å². The van der Waals surface area contributed by atoms with Gasteiger partial charge in [0.2, 0.25) is 5.67 Å². The fourth-order valence-corrected chi connectivity index (χ4v) is 4.44. The molecule has 9 heteroatoms. The van der Waals surface area contributed by atoms with Crippen LogP contribution in [-0.2, 0) is 25.7 Å². The lowest BCUT2D eigenvalue weighted by Gasteiger charge is -2.32. The first-order chi connectivity index (χ1) is 13.5. The smallest absolute Gasteiger partial charge is 0.344 e. The molecule has 0 unspecified atom stereocenters. The molecule has 2 aliphatic rings. The molecule has 1 aromatic carbocycles. The lowest BCUT2D eigenvalue weighted by atomic mass is 9.88. The fourth-order valence-electron chi connectivity index (χ4n) is 4.12. The summed E-state index contributed by atoms with van der Waals surface area (Å²) in [5.41, 5.74) is 2.39. The minimum atomic E-state index is -2.38. The number of halogens is 3. The van der Waals surface area contributed by atoms with Gasteiger partial charge in [-0.1, -0.05) is 43.1 Å². The van der Waals surface area contributed by atoms with Gasteiger partial charge in [-0.05, 0) is 36.5 Å². The molecule has 6 nitrogen and oxygen atoms in total.